The summed E-state index contributed by atoms with van der Waals surface area (Å²) in [7, 11) is 0. The summed E-state index contributed by atoms with van der Waals surface area (Å²) >= 11 is 5.91. The summed E-state index contributed by atoms with van der Waals surface area (Å²) < 4.78 is 13.2. The molecular formula is C14H16ClFO2. The zero-order chi connectivity index (χ0) is 13.2. The number of benzene rings is 1. The molecule has 1 saturated carbocycles. The smallest absolute Gasteiger partial charge is 0.195 e. The van der Waals surface area contributed by atoms with Crippen LogP contribution >= 0.6 is 11.6 Å². The van der Waals surface area contributed by atoms with Crippen molar-refractivity contribution in [3.63, 3.8) is 0 Å². The maximum Gasteiger partial charge on any atom is 0.195 e. The number of aliphatic hydroxyl groups is 1. The fourth-order valence-corrected chi connectivity index (χ4v) is 2.67. The molecule has 1 aliphatic rings. The van der Waals surface area contributed by atoms with E-state index in [1.54, 1.807) is 0 Å². The van der Waals surface area contributed by atoms with E-state index in [0.29, 0.717) is 12.8 Å². The number of Topliss-reactive ketones (excluding diaryl/α,β-unsaturated/α-hetero) is 1. The third kappa shape index (κ3) is 2.73. The minimum atomic E-state index is -1.38. The van der Waals surface area contributed by atoms with Crippen molar-refractivity contribution in [3.8, 4) is 0 Å². The van der Waals surface area contributed by atoms with Crippen molar-refractivity contribution in [1.29, 1.82) is 0 Å². The molecule has 0 atom stereocenters. The Labute approximate surface area is 111 Å². The number of carbonyl (C=O) groups excluding carboxylic acids is 1. The van der Waals surface area contributed by atoms with Gasteiger partial charge in [-0.2, -0.15) is 0 Å². The first-order chi connectivity index (χ1) is 8.53. The van der Waals surface area contributed by atoms with Gasteiger partial charge in [-0.1, -0.05) is 37.3 Å². The van der Waals surface area contributed by atoms with Crippen molar-refractivity contribution in [2.45, 2.75) is 44.1 Å². The van der Waals surface area contributed by atoms with Crippen LogP contribution in [0.25, 0.3) is 0 Å². The molecule has 0 amide bonds. The Hall–Kier alpha value is -0.930. The number of rotatable bonds is 2. The molecule has 98 valence electrons. The van der Waals surface area contributed by atoms with Crippen molar-refractivity contribution >= 4 is 17.4 Å². The van der Waals surface area contributed by atoms with Crippen LogP contribution in [-0.2, 0) is 0 Å². The quantitative estimate of drug-likeness (QED) is 0.656. The van der Waals surface area contributed by atoms with Gasteiger partial charge >= 0.3 is 0 Å². The van der Waals surface area contributed by atoms with Gasteiger partial charge in [-0.3, -0.25) is 4.79 Å². The highest BCUT2D eigenvalue weighted by atomic mass is 35.5. The number of hydrogen-bond acceptors (Lipinski definition) is 2. The molecule has 1 aromatic rings. The molecule has 2 nitrogen and oxygen atoms in total. The molecule has 0 aromatic heterocycles. The molecule has 1 N–H and O–H groups in total. The SMILES string of the molecule is O=C(c1cc(F)ccc1Cl)C1(O)CCCCCC1. The van der Waals surface area contributed by atoms with Crippen LogP contribution in [0.1, 0.15) is 48.9 Å². The van der Waals surface area contributed by atoms with Gasteiger partial charge < -0.3 is 5.11 Å². The molecule has 2 rings (SSSR count). The van der Waals surface area contributed by atoms with E-state index in [1.807, 2.05) is 0 Å². The summed E-state index contributed by atoms with van der Waals surface area (Å²) in [5.74, 6) is -0.964. The molecule has 0 radical (unpaired) electrons. The Morgan fingerprint density at radius 1 is 1.22 bits per heavy atom. The topological polar surface area (TPSA) is 37.3 Å². The molecule has 1 aliphatic carbocycles. The molecule has 1 fully saturated rings. The fourth-order valence-electron chi connectivity index (χ4n) is 2.46. The van der Waals surface area contributed by atoms with Gasteiger partial charge in [-0.05, 0) is 31.0 Å². The van der Waals surface area contributed by atoms with Crippen molar-refractivity contribution < 1.29 is 14.3 Å². The predicted octanol–water partition coefficient (Wildman–Crippen LogP) is 3.75. The summed E-state index contributed by atoms with van der Waals surface area (Å²) in [5, 5.41) is 10.7. The summed E-state index contributed by atoms with van der Waals surface area (Å²) in [5.41, 5.74) is -1.30. The molecule has 1 aromatic carbocycles. The maximum absolute atomic E-state index is 13.2. The highest BCUT2D eigenvalue weighted by molar-refractivity contribution is 6.34. The van der Waals surface area contributed by atoms with E-state index in [9.17, 15) is 14.3 Å². The van der Waals surface area contributed by atoms with Crippen molar-refractivity contribution in [2.24, 2.45) is 0 Å². The minimum Gasteiger partial charge on any atom is -0.382 e. The van der Waals surface area contributed by atoms with Gasteiger partial charge in [0, 0.05) is 5.56 Å². The minimum absolute atomic E-state index is 0.0843. The normalized spacial score (nSPS) is 19.3. The fraction of sp³-hybridized carbons (Fsp3) is 0.500. The molecule has 0 heterocycles. The number of carbonyl (C=O) groups is 1. The molecule has 4 heteroatoms. The van der Waals surface area contributed by atoms with Crippen molar-refractivity contribution in [3.05, 3.63) is 34.6 Å². The lowest BCUT2D eigenvalue weighted by molar-refractivity contribution is 0.0238. The average Bonchev–Trinajstić information content (AvgIpc) is 2.57. The molecule has 0 aliphatic heterocycles. The van der Waals surface area contributed by atoms with Crippen molar-refractivity contribution in [1.82, 2.24) is 0 Å². The Balaban J connectivity index is 2.31. The lowest BCUT2D eigenvalue weighted by Gasteiger charge is -2.25. The van der Waals surface area contributed by atoms with E-state index in [4.69, 9.17) is 11.6 Å². The van der Waals surface area contributed by atoms with E-state index in [0.717, 1.165) is 31.7 Å². The standard InChI is InChI=1S/C14H16ClFO2/c15-12-6-5-10(16)9-11(12)13(17)14(18)7-3-1-2-4-8-14/h5-6,9,18H,1-4,7-8H2. The lowest BCUT2D eigenvalue weighted by Crippen LogP contribution is -2.38. The third-order valence-corrected chi connectivity index (χ3v) is 3.86. The van der Waals surface area contributed by atoms with E-state index >= 15 is 0 Å². The number of halogens is 2. The second kappa shape index (κ2) is 5.37. The van der Waals surface area contributed by atoms with Crippen LogP contribution in [0.3, 0.4) is 0 Å². The Kier molecular flexibility index (Phi) is 4.03. The first-order valence-corrected chi connectivity index (χ1v) is 6.63. The number of ketones is 1. The summed E-state index contributed by atoms with van der Waals surface area (Å²) in [6, 6.07) is 3.66. The van der Waals surface area contributed by atoms with E-state index in [-0.39, 0.29) is 10.6 Å². The monoisotopic (exact) mass is 270 g/mol. The highest BCUT2D eigenvalue weighted by Crippen LogP contribution is 2.32. The molecule has 0 saturated heterocycles. The Morgan fingerprint density at radius 2 is 1.83 bits per heavy atom. The van der Waals surface area contributed by atoms with Crippen LogP contribution in [0, 0.1) is 5.82 Å². The highest BCUT2D eigenvalue weighted by Gasteiger charge is 2.37. The average molecular weight is 271 g/mol. The second-order valence-electron chi connectivity index (χ2n) is 4.90. The first-order valence-electron chi connectivity index (χ1n) is 6.25. The van der Waals surface area contributed by atoms with E-state index in [2.05, 4.69) is 0 Å². The first kappa shape index (κ1) is 13.5. The Bertz CT molecular complexity index is 451. The van der Waals surface area contributed by atoms with Gasteiger partial charge in [0.15, 0.2) is 5.78 Å². The number of hydrogen-bond donors (Lipinski definition) is 1. The van der Waals surface area contributed by atoms with Crippen molar-refractivity contribution in [2.75, 3.05) is 0 Å². The molecule has 0 unspecified atom stereocenters. The van der Waals surface area contributed by atoms with Crippen LogP contribution < -0.4 is 0 Å². The predicted molar refractivity (Wildman–Crippen MR) is 68.4 cm³/mol. The van der Waals surface area contributed by atoms with Crippen LogP contribution in [-0.4, -0.2) is 16.5 Å². The van der Waals surface area contributed by atoms with E-state index < -0.39 is 17.2 Å². The van der Waals surface area contributed by atoms with Gasteiger partial charge in [-0.25, -0.2) is 4.39 Å². The zero-order valence-electron chi connectivity index (χ0n) is 10.1. The van der Waals surface area contributed by atoms with Gasteiger partial charge in [-0.15, -0.1) is 0 Å². The largest absolute Gasteiger partial charge is 0.382 e. The van der Waals surface area contributed by atoms with Crippen LogP contribution in [0.15, 0.2) is 18.2 Å². The van der Waals surface area contributed by atoms with Gasteiger partial charge in [0.1, 0.15) is 11.4 Å². The zero-order valence-corrected chi connectivity index (χ0v) is 10.8. The second-order valence-corrected chi connectivity index (χ2v) is 5.31. The third-order valence-electron chi connectivity index (χ3n) is 3.53. The van der Waals surface area contributed by atoms with Gasteiger partial charge in [0.2, 0.25) is 0 Å². The summed E-state index contributed by atoms with van der Waals surface area (Å²) in [6.45, 7) is 0. The molecule has 0 bridgehead atoms. The lowest BCUT2D eigenvalue weighted by atomic mass is 9.86. The Morgan fingerprint density at radius 3 is 2.44 bits per heavy atom. The van der Waals surface area contributed by atoms with E-state index in [1.165, 1.54) is 12.1 Å². The molecule has 18 heavy (non-hydrogen) atoms. The maximum atomic E-state index is 13.2. The van der Waals surface area contributed by atoms with Crippen LogP contribution in [0.5, 0.6) is 0 Å². The van der Waals surface area contributed by atoms with Gasteiger partial charge in [0.05, 0.1) is 5.02 Å². The summed E-state index contributed by atoms with van der Waals surface area (Å²) in [4.78, 5) is 12.3. The molecule has 0 spiro atoms. The van der Waals surface area contributed by atoms with Gasteiger partial charge in [0.25, 0.3) is 0 Å². The van der Waals surface area contributed by atoms with Crippen LogP contribution in [0.2, 0.25) is 5.02 Å². The molecular weight excluding hydrogens is 255 g/mol. The summed E-state index contributed by atoms with van der Waals surface area (Å²) in [6.07, 6.45) is 4.53. The van der Waals surface area contributed by atoms with Crippen LogP contribution in [0.4, 0.5) is 4.39 Å².